The predicted octanol–water partition coefficient (Wildman–Crippen LogP) is 1.58. The zero-order valence-corrected chi connectivity index (χ0v) is 11.4. The molecule has 18 heavy (non-hydrogen) atoms. The van der Waals surface area contributed by atoms with Crippen molar-refractivity contribution in [2.24, 2.45) is 5.73 Å². The Balaban J connectivity index is 2.43. The molecule has 0 radical (unpaired) electrons. The number of hydrogen-bond donors (Lipinski definition) is 1. The van der Waals surface area contributed by atoms with Crippen LogP contribution in [-0.2, 0) is 6.54 Å². The zero-order chi connectivity index (χ0) is 13.1. The lowest BCUT2D eigenvalue weighted by atomic mass is 9.89. The fourth-order valence-corrected chi connectivity index (χ4v) is 2.61. The van der Waals surface area contributed by atoms with Crippen molar-refractivity contribution >= 4 is 0 Å². The van der Waals surface area contributed by atoms with Crippen LogP contribution in [0.2, 0.25) is 0 Å². The SMILES string of the molecule is CCN1Cc2cc(OC)c(OC)cc2C(CN)C1. The van der Waals surface area contributed by atoms with E-state index in [-0.39, 0.29) is 0 Å². The predicted molar refractivity (Wildman–Crippen MR) is 72.3 cm³/mol. The Kier molecular flexibility index (Phi) is 4.09. The molecule has 0 aromatic heterocycles. The topological polar surface area (TPSA) is 47.7 Å². The van der Waals surface area contributed by atoms with E-state index >= 15 is 0 Å². The van der Waals surface area contributed by atoms with Gasteiger partial charge in [0.15, 0.2) is 11.5 Å². The number of methoxy groups -OCH3 is 2. The lowest BCUT2D eigenvalue weighted by Crippen LogP contribution is -2.36. The first-order valence-corrected chi connectivity index (χ1v) is 6.40. The molecule has 1 aliphatic rings. The second-order valence-electron chi connectivity index (χ2n) is 4.67. The van der Waals surface area contributed by atoms with E-state index in [4.69, 9.17) is 15.2 Å². The average Bonchev–Trinajstić information content (AvgIpc) is 2.44. The Morgan fingerprint density at radius 1 is 1.28 bits per heavy atom. The van der Waals surface area contributed by atoms with Gasteiger partial charge in [0.2, 0.25) is 0 Å². The molecule has 1 aliphatic heterocycles. The van der Waals surface area contributed by atoms with Gasteiger partial charge >= 0.3 is 0 Å². The lowest BCUT2D eigenvalue weighted by molar-refractivity contribution is 0.242. The number of ether oxygens (including phenoxy) is 2. The van der Waals surface area contributed by atoms with Gasteiger partial charge in [0.05, 0.1) is 14.2 Å². The smallest absolute Gasteiger partial charge is 0.161 e. The van der Waals surface area contributed by atoms with Crippen LogP contribution in [0.4, 0.5) is 0 Å². The Morgan fingerprint density at radius 2 is 1.94 bits per heavy atom. The van der Waals surface area contributed by atoms with Crippen LogP contribution in [0.3, 0.4) is 0 Å². The molecule has 1 atom stereocenters. The van der Waals surface area contributed by atoms with Crippen LogP contribution < -0.4 is 15.2 Å². The second kappa shape index (κ2) is 5.59. The standard InChI is InChI=1S/C14H22N2O2/c1-4-16-8-10-5-13(17-2)14(18-3)6-12(10)11(7-15)9-16/h5-6,11H,4,7-9,15H2,1-3H3. The highest BCUT2D eigenvalue weighted by atomic mass is 16.5. The van der Waals surface area contributed by atoms with E-state index in [1.165, 1.54) is 11.1 Å². The summed E-state index contributed by atoms with van der Waals surface area (Å²) in [6.07, 6.45) is 0. The molecule has 2 rings (SSSR count). The first kappa shape index (κ1) is 13.2. The average molecular weight is 250 g/mol. The van der Waals surface area contributed by atoms with Crippen molar-refractivity contribution in [3.63, 3.8) is 0 Å². The van der Waals surface area contributed by atoms with Crippen molar-refractivity contribution in [3.8, 4) is 11.5 Å². The summed E-state index contributed by atoms with van der Waals surface area (Å²) in [5, 5.41) is 0. The summed E-state index contributed by atoms with van der Waals surface area (Å²) in [6, 6.07) is 4.16. The summed E-state index contributed by atoms with van der Waals surface area (Å²) in [4.78, 5) is 2.41. The van der Waals surface area contributed by atoms with Crippen LogP contribution in [0.5, 0.6) is 11.5 Å². The van der Waals surface area contributed by atoms with Crippen LogP contribution in [0, 0.1) is 0 Å². The monoisotopic (exact) mass is 250 g/mol. The summed E-state index contributed by atoms with van der Waals surface area (Å²) in [5.74, 6) is 1.97. The Bertz CT molecular complexity index is 421. The van der Waals surface area contributed by atoms with Gasteiger partial charge in [0.25, 0.3) is 0 Å². The molecule has 0 amide bonds. The van der Waals surface area contributed by atoms with E-state index in [0.717, 1.165) is 31.1 Å². The highest BCUT2D eigenvalue weighted by Gasteiger charge is 2.25. The minimum absolute atomic E-state index is 0.383. The third-order valence-corrected chi connectivity index (χ3v) is 3.69. The minimum atomic E-state index is 0.383. The molecular weight excluding hydrogens is 228 g/mol. The van der Waals surface area contributed by atoms with Gasteiger partial charge in [-0.15, -0.1) is 0 Å². The largest absolute Gasteiger partial charge is 0.493 e. The molecule has 4 heteroatoms. The fraction of sp³-hybridized carbons (Fsp3) is 0.571. The third-order valence-electron chi connectivity index (χ3n) is 3.69. The second-order valence-corrected chi connectivity index (χ2v) is 4.67. The molecule has 0 saturated carbocycles. The van der Waals surface area contributed by atoms with Crippen LogP contribution in [0.25, 0.3) is 0 Å². The molecule has 1 unspecified atom stereocenters. The van der Waals surface area contributed by atoms with Crippen LogP contribution >= 0.6 is 0 Å². The van der Waals surface area contributed by atoms with Gasteiger partial charge in [0.1, 0.15) is 0 Å². The molecule has 1 heterocycles. The summed E-state index contributed by atoms with van der Waals surface area (Å²) in [7, 11) is 3.34. The van der Waals surface area contributed by atoms with Crippen molar-refractivity contribution in [3.05, 3.63) is 23.3 Å². The molecule has 2 N–H and O–H groups in total. The van der Waals surface area contributed by atoms with Crippen molar-refractivity contribution < 1.29 is 9.47 Å². The summed E-state index contributed by atoms with van der Waals surface area (Å²) in [6.45, 7) is 5.88. The highest BCUT2D eigenvalue weighted by Crippen LogP contribution is 2.36. The number of nitrogens with zero attached hydrogens (tertiary/aromatic N) is 1. The normalized spacial score (nSPS) is 19.4. The van der Waals surface area contributed by atoms with E-state index in [1.54, 1.807) is 14.2 Å². The molecule has 0 fully saturated rings. The highest BCUT2D eigenvalue weighted by molar-refractivity contribution is 5.49. The molecule has 4 nitrogen and oxygen atoms in total. The van der Waals surface area contributed by atoms with Crippen LogP contribution in [0.15, 0.2) is 12.1 Å². The maximum Gasteiger partial charge on any atom is 0.161 e. The first-order chi connectivity index (χ1) is 8.73. The maximum atomic E-state index is 5.90. The fourth-order valence-electron chi connectivity index (χ4n) is 2.61. The van der Waals surface area contributed by atoms with Gasteiger partial charge in [-0.25, -0.2) is 0 Å². The molecule has 0 aliphatic carbocycles. The van der Waals surface area contributed by atoms with Gasteiger partial charge in [0, 0.05) is 25.6 Å². The lowest BCUT2D eigenvalue weighted by Gasteiger charge is -2.34. The summed E-state index contributed by atoms with van der Waals surface area (Å²) >= 11 is 0. The molecule has 1 aromatic rings. The van der Waals surface area contributed by atoms with E-state index in [0.29, 0.717) is 12.5 Å². The Morgan fingerprint density at radius 3 is 2.50 bits per heavy atom. The van der Waals surface area contributed by atoms with Crippen molar-refractivity contribution in [1.82, 2.24) is 4.90 Å². The molecule has 0 bridgehead atoms. The first-order valence-electron chi connectivity index (χ1n) is 6.40. The summed E-state index contributed by atoms with van der Waals surface area (Å²) < 4.78 is 10.7. The van der Waals surface area contributed by atoms with Gasteiger partial charge in [-0.2, -0.15) is 0 Å². The van der Waals surface area contributed by atoms with Crippen LogP contribution in [0.1, 0.15) is 24.0 Å². The van der Waals surface area contributed by atoms with Gasteiger partial charge in [-0.05, 0) is 29.8 Å². The minimum Gasteiger partial charge on any atom is -0.493 e. The van der Waals surface area contributed by atoms with Gasteiger partial charge in [-0.3, -0.25) is 4.90 Å². The van der Waals surface area contributed by atoms with Gasteiger partial charge in [-0.1, -0.05) is 6.92 Å². The Hall–Kier alpha value is -1.26. The molecular formula is C14H22N2O2. The number of nitrogens with two attached hydrogens (primary N) is 1. The van der Waals surface area contributed by atoms with Crippen molar-refractivity contribution in [2.75, 3.05) is 33.9 Å². The van der Waals surface area contributed by atoms with Gasteiger partial charge < -0.3 is 15.2 Å². The molecule has 1 aromatic carbocycles. The molecule has 100 valence electrons. The number of fused-ring (bicyclic) bond motifs is 1. The number of rotatable bonds is 4. The maximum absolute atomic E-state index is 5.90. The quantitative estimate of drug-likeness (QED) is 0.881. The van der Waals surface area contributed by atoms with E-state index in [2.05, 4.69) is 24.0 Å². The molecule has 0 saturated heterocycles. The van der Waals surface area contributed by atoms with E-state index < -0.39 is 0 Å². The number of likely N-dealkylation sites (N-methyl/N-ethyl adjacent to an activating group) is 1. The summed E-state index contributed by atoms with van der Waals surface area (Å²) in [5.41, 5.74) is 8.51. The zero-order valence-electron chi connectivity index (χ0n) is 11.4. The van der Waals surface area contributed by atoms with Crippen molar-refractivity contribution in [2.45, 2.75) is 19.4 Å². The number of hydrogen-bond acceptors (Lipinski definition) is 4. The molecule has 0 spiro atoms. The third kappa shape index (κ3) is 2.31. The van der Waals surface area contributed by atoms with Crippen molar-refractivity contribution in [1.29, 1.82) is 0 Å². The van der Waals surface area contributed by atoms with E-state index in [1.807, 2.05) is 0 Å². The number of benzene rings is 1. The van der Waals surface area contributed by atoms with E-state index in [9.17, 15) is 0 Å². The van der Waals surface area contributed by atoms with Crippen LogP contribution in [-0.4, -0.2) is 38.8 Å². The Labute approximate surface area is 109 Å².